The van der Waals surface area contributed by atoms with E-state index < -0.39 is 0 Å². The summed E-state index contributed by atoms with van der Waals surface area (Å²) in [6, 6.07) is 15.2. The van der Waals surface area contributed by atoms with Crippen LogP contribution in [0.1, 0.15) is 18.1 Å². The molecule has 0 aliphatic carbocycles. The Labute approximate surface area is 154 Å². The van der Waals surface area contributed by atoms with E-state index in [9.17, 15) is 9.90 Å². The van der Waals surface area contributed by atoms with Crippen LogP contribution in [0, 0.1) is 0 Å². The fraction of sp³-hybridized carbons (Fsp3) is 0.286. The first-order valence-corrected chi connectivity index (χ1v) is 8.60. The van der Waals surface area contributed by atoms with Crippen LogP contribution in [0.15, 0.2) is 54.6 Å². The largest absolute Gasteiger partial charge is 0.493 e. The molecular weight excluding hydrogens is 330 g/mol. The number of aliphatic hydroxyl groups excluding tert-OH is 1. The van der Waals surface area contributed by atoms with Gasteiger partial charge in [0.1, 0.15) is 0 Å². The predicted molar refractivity (Wildman–Crippen MR) is 102 cm³/mol. The van der Waals surface area contributed by atoms with Crippen LogP contribution in [0.25, 0.3) is 6.08 Å². The van der Waals surface area contributed by atoms with Crippen LogP contribution in [-0.2, 0) is 11.3 Å². The van der Waals surface area contributed by atoms with Crippen molar-refractivity contribution in [1.29, 1.82) is 0 Å². The lowest BCUT2D eigenvalue weighted by atomic mass is 10.1. The Kier molecular flexibility index (Phi) is 7.71. The van der Waals surface area contributed by atoms with E-state index in [1.807, 2.05) is 55.5 Å². The average Bonchev–Trinajstić information content (AvgIpc) is 2.67. The summed E-state index contributed by atoms with van der Waals surface area (Å²) in [6.45, 7) is 3.12. The molecule has 0 saturated carbocycles. The van der Waals surface area contributed by atoms with Crippen molar-refractivity contribution in [3.8, 4) is 11.5 Å². The molecule has 0 heterocycles. The van der Waals surface area contributed by atoms with Gasteiger partial charge in [0.05, 0.1) is 20.3 Å². The molecular formula is C21H25NO4. The van der Waals surface area contributed by atoms with E-state index in [2.05, 4.69) is 0 Å². The number of aliphatic hydroxyl groups is 1. The highest BCUT2D eigenvalue weighted by atomic mass is 16.5. The van der Waals surface area contributed by atoms with Crippen LogP contribution in [0.5, 0.6) is 11.5 Å². The zero-order chi connectivity index (χ0) is 18.8. The number of amides is 1. The van der Waals surface area contributed by atoms with E-state index in [0.29, 0.717) is 24.7 Å². The molecule has 0 unspecified atom stereocenters. The summed E-state index contributed by atoms with van der Waals surface area (Å²) in [7, 11) is 1.58. The second-order valence-corrected chi connectivity index (χ2v) is 5.65. The van der Waals surface area contributed by atoms with E-state index in [0.717, 1.165) is 11.1 Å². The number of carbonyl (C=O) groups excluding carboxylic acids is 1. The van der Waals surface area contributed by atoms with E-state index in [1.165, 1.54) is 6.08 Å². The maximum absolute atomic E-state index is 12.5. The minimum atomic E-state index is -0.157. The number of ether oxygens (including phenoxy) is 2. The molecule has 26 heavy (non-hydrogen) atoms. The third-order valence-corrected chi connectivity index (χ3v) is 3.80. The van der Waals surface area contributed by atoms with Crippen LogP contribution >= 0.6 is 0 Å². The fourth-order valence-corrected chi connectivity index (χ4v) is 2.53. The molecule has 5 nitrogen and oxygen atoms in total. The Bertz CT molecular complexity index is 728. The van der Waals surface area contributed by atoms with Crippen molar-refractivity contribution < 1.29 is 19.4 Å². The van der Waals surface area contributed by atoms with Gasteiger partial charge in [0.15, 0.2) is 11.5 Å². The highest BCUT2D eigenvalue weighted by molar-refractivity contribution is 5.91. The van der Waals surface area contributed by atoms with Gasteiger partial charge in [0, 0.05) is 19.2 Å². The molecule has 0 spiro atoms. The average molecular weight is 355 g/mol. The number of carbonyl (C=O) groups is 1. The number of methoxy groups -OCH3 is 1. The number of hydrogen-bond donors (Lipinski definition) is 1. The Balaban J connectivity index is 2.10. The van der Waals surface area contributed by atoms with E-state index in [1.54, 1.807) is 18.1 Å². The normalized spacial score (nSPS) is 10.7. The van der Waals surface area contributed by atoms with Crippen molar-refractivity contribution in [2.24, 2.45) is 0 Å². The molecule has 0 aromatic heterocycles. The lowest BCUT2D eigenvalue weighted by Gasteiger charge is -2.20. The van der Waals surface area contributed by atoms with Gasteiger partial charge in [-0.05, 0) is 36.3 Å². The Hall–Kier alpha value is -2.79. The fourth-order valence-electron chi connectivity index (χ4n) is 2.53. The zero-order valence-electron chi connectivity index (χ0n) is 15.2. The minimum Gasteiger partial charge on any atom is -0.493 e. The molecule has 5 heteroatoms. The van der Waals surface area contributed by atoms with Crippen molar-refractivity contribution in [1.82, 2.24) is 4.90 Å². The second kappa shape index (κ2) is 10.3. The molecule has 2 aromatic carbocycles. The molecule has 0 atom stereocenters. The smallest absolute Gasteiger partial charge is 0.246 e. The van der Waals surface area contributed by atoms with Gasteiger partial charge in [-0.2, -0.15) is 0 Å². The monoisotopic (exact) mass is 355 g/mol. The summed E-state index contributed by atoms with van der Waals surface area (Å²) in [6.07, 6.45) is 3.24. The van der Waals surface area contributed by atoms with Crippen LogP contribution in [0.3, 0.4) is 0 Å². The maximum Gasteiger partial charge on any atom is 0.246 e. The Morgan fingerprint density at radius 1 is 1.15 bits per heavy atom. The highest BCUT2D eigenvalue weighted by Crippen LogP contribution is 2.28. The summed E-state index contributed by atoms with van der Waals surface area (Å²) in [5.74, 6) is 1.14. The van der Waals surface area contributed by atoms with E-state index in [-0.39, 0.29) is 19.1 Å². The summed E-state index contributed by atoms with van der Waals surface area (Å²) < 4.78 is 10.8. The Morgan fingerprint density at radius 2 is 1.92 bits per heavy atom. The molecule has 0 saturated heterocycles. The summed E-state index contributed by atoms with van der Waals surface area (Å²) in [4.78, 5) is 14.1. The van der Waals surface area contributed by atoms with E-state index >= 15 is 0 Å². The molecule has 138 valence electrons. The molecule has 0 aliphatic rings. The van der Waals surface area contributed by atoms with Gasteiger partial charge in [0.2, 0.25) is 5.91 Å². The van der Waals surface area contributed by atoms with Crippen LogP contribution in [0.4, 0.5) is 0 Å². The van der Waals surface area contributed by atoms with Gasteiger partial charge in [-0.3, -0.25) is 4.79 Å². The predicted octanol–water partition coefficient (Wildman–Crippen LogP) is 3.13. The van der Waals surface area contributed by atoms with Gasteiger partial charge in [-0.15, -0.1) is 0 Å². The first-order chi connectivity index (χ1) is 12.7. The third-order valence-electron chi connectivity index (χ3n) is 3.80. The molecule has 0 aliphatic heterocycles. The molecule has 0 radical (unpaired) electrons. The van der Waals surface area contributed by atoms with Gasteiger partial charge < -0.3 is 19.5 Å². The third kappa shape index (κ3) is 5.63. The molecule has 1 amide bonds. The van der Waals surface area contributed by atoms with Crippen LogP contribution in [0.2, 0.25) is 0 Å². The quantitative estimate of drug-likeness (QED) is 0.702. The minimum absolute atomic E-state index is 0.0801. The maximum atomic E-state index is 12.5. The lowest BCUT2D eigenvalue weighted by Crippen LogP contribution is -2.31. The topological polar surface area (TPSA) is 59.0 Å². The van der Waals surface area contributed by atoms with Crippen molar-refractivity contribution in [3.63, 3.8) is 0 Å². The summed E-state index contributed by atoms with van der Waals surface area (Å²) in [5.41, 5.74) is 1.85. The van der Waals surface area contributed by atoms with Crippen LogP contribution in [-0.4, -0.2) is 42.8 Å². The lowest BCUT2D eigenvalue weighted by molar-refractivity contribution is -0.127. The van der Waals surface area contributed by atoms with Crippen molar-refractivity contribution in [2.75, 3.05) is 26.9 Å². The second-order valence-electron chi connectivity index (χ2n) is 5.65. The standard InChI is InChI=1S/C21H25NO4/c1-3-26-19-11-9-17(15-20(19)25-2)10-12-21(24)22(13-14-23)16-18-7-5-4-6-8-18/h4-12,15,23H,3,13-14,16H2,1-2H3/b12-10+. The number of nitrogens with zero attached hydrogens (tertiary/aromatic N) is 1. The van der Waals surface area contributed by atoms with Crippen LogP contribution < -0.4 is 9.47 Å². The van der Waals surface area contributed by atoms with Gasteiger partial charge in [-0.1, -0.05) is 36.4 Å². The van der Waals surface area contributed by atoms with Gasteiger partial charge in [0.25, 0.3) is 0 Å². The molecule has 2 aromatic rings. The van der Waals surface area contributed by atoms with Crippen molar-refractivity contribution in [3.05, 3.63) is 65.7 Å². The number of rotatable bonds is 9. The first-order valence-electron chi connectivity index (χ1n) is 8.60. The summed E-state index contributed by atoms with van der Waals surface area (Å²) >= 11 is 0. The van der Waals surface area contributed by atoms with Crippen molar-refractivity contribution in [2.45, 2.75) is 13.5 Å². The highest BCUT2D eigenvalue weighted by Gasteiger charge is 2.11. The van der Waals surface area contributed by atoms with Gasteiger partial charge >= 0.3 is 0 Å². The zero-order valence-corrected chi connectivity index (χ0v) is 15.2. The van der Waals surface area contributed by atoms with Crippen molar-refractivity contribution >= 4 is 12.0 Å². The number of hydrogen-bond acceptors (Lipinski definition) is 4. The molecule has 2 rings (SSSR count). The van der Waals surface area contributed by atoms with Gasteiger partial charge in [-0.25, -0.2) is 0 Å². The number of benzene rings is 2. The SMILES string of the molecule is CCOc1ccc(/C=C/C(=O)N(CCO)Cc2ccccc2)cc1OC. The van der Waals surface area contributed by atoms with E-state index in [4.69, 9.17) is 9.47 Å². The Morgan fingerprint density at radius 3 is 2.58 bits per heavy atom. The molecule has 0 fully saturated rings. The molecule has 0 bridgehead atoms. The molecule has 1 N–H and O–H groups in total. The first kappa shape index (κ1) is 19.5. The summed E-state index contributed by atoms with van der Waals surface area (Å²) in [5, 5.41) is 9.25.